The second-order valence-electron chi connectivity index (χ2n) is 7.58. The van der Waals surface area contributed by atoms with Gasteiger partial charge in [0, 0.05) is 13.1 Å². The minimum absolute atomic E-state index is 0.0568. The van der Waals surface area contributed by atoms with Gasteiger partial charge in [0.2, 0.25) is 5.91 Å². The van der Waals surface area contributed by atoms with Gasteiger partial charge < -0.3 is 20.1 Å². The van der Waals surface area contributed by atoms with Crippen molar-refractivity contribution in [2.45, 2.75) is 19.1 Å². The zero-order valence-corrected chi connectivity index (χ0v) is 18.9. The largest absolute Gasteiger partial charge is 0.394 e. The lowest BCUT2D eigenvalue weighted by Gasteiger charge is -2.35. The maximum atomic E-state index is 12.7. The van der Waals surface area contributed by atoms with E-state index in [0.717, 1.165) is 8.62 Å². The lowest BCUT2D eigenvalue weighted by Crippen LogP contribution is -2.50. The van der Waals surface area contributed by atoms with Crippen molar-refractivity contribution in [3.05, 3.63) is 32.6 Å². The van der Waals surface area contributed by atoms with Crippen molar-refractivity contribution in [2.24, 2.45) is 0 Å². The van der Waals surface area contributed by atoms with Crippen LogP contribution in [0.4, 0.5) is 5.69 Å². The van der Waals surface area contributed by atoms with E-state index in [0.29, 0.717) is 40.7 Å². The van der Waals surface area contributed by atoms with E-state index in [1.54, 1.807) is 23.0 Å². The molecule has 1 saturated heterocycles. The van der Waals surface area contributed by atoms with Crippen LogP contribution >= 0.6 is 27.3 Å². The predicted octanol–water partition coefficient (Wildman–Crippen LogP) is 1.57. The van der Waals surface area contributed by atoms with Crippen molar-refractivity contribution in [2.75, 3.05) is 31.6 Å². The molecule has 3 N–H and O–H groups in total. The van der Waals surface area contributed by atoms with Gasteiger partial charge in [-0.25, -0.2) is 4.52 Å². The smallest absolute Gasteiger partial charge is 0.261 e. The Bertz CT molecular complexity index is 1360. The number of ether oxygens (including phenoxy) is 1. The molecule has 0 aliphatic carbocycles. The zero-order chi connectivity index (χ0) is 21.7. The fourth-order valence-electron chi connectivity index (χ4n) is 3.97. The van der Waals surface area contributed by atoms with Crippen LogP contribution in [0.2, 0.25) is 0 Å². The van der Waals surface area contributed by atoms with Crippen LogP contribution in [0.1, 0.15) is 6.92 Å². The van der Waals surface area contributed by atoms with Gasteiger partial charge in [0.05, 0.1) is 52.7 Å². The number of rotatable bonds is 4. The first-order valence-electron chi connectivity index (χ1n) is 9.69. The highest BCUT2D eigenvalue weighted by Gasteiger charge is 2.26. The summed E-state index contributed by atoms with van der Waals surface area (Å²) in [7, 11) is 0. The van der Waals surface area contributed by atoms with Gasteiger partial charge in [0.25, 0.3) is 5.56 Å². The number of pyridine rings is 2. The number of nitrogens with zero attached hydrogens (tertiary/aromatic N) is 4. The molecule has 0 bridgehead atoms. The van der Waals surface area contributed by atoms with E-state index in [-0.39, 0.29) is 36.8 Å². The van der Waals surface area contributed by atoms with Crippen LogP contribution in [0, 0.1) is 0 Å². The number of nitrogens with one attached hydrogen (secondary N) is 2. The monoisotopic (exact) mass is 506 g/mol. The van der Waals surface area contributed by atoms with Gasteiger partial charge in [-0.2, -0.15) is 5.10 Å². The minimum atomic E-state index is -0.295. The summed E-state index contributed by atoms with van der Waals surface area (Å²) in [6.45, 7) is 3.10. The molecule has 4 aromatic heterocycles. The van der Waals surface area contributed by atoms with E-state index in [1.165, 1.54) is 11.3 Å². The third-order valence-electron chi connectivity index (χ3n) is 5.13. The van der Waals surface area contributed by atoms with E-state index in [2.05, 4.69) is 36.3 Å². The molecule has 0 aromatic carbocycles. The highest BCUT2D eigenvalue weighted by Crippen LogP contribution is 2.30. The third-order valence-corrected chi connectivity index (χ3v) is 6.70. The van der Waals surface area contributed by atoms with E-state index >= 15 is 0 Å². The molecule has 1 aliphatic heterocycles. The quantitative estimate of drug-likeness (QED) is 0.383. The number of aromatic amines is 1. The molecule has 162 valence electrons. The number of aliphatic hydroxyl groups excluding tert-OH is 1. The van der Waals surface area contributed by atoms with E-state index < -0.39 is 0 Å². The number of thiazole rings is 1. The van der Waals surface area contributed by atoms with Gasteiger partial charge in [-0.3, -0.25) is 19.5 Å². The summed E-state index contributed by atoms with van der Waals surface area (Å²) in [5.41, 5.74) is 1.81. The fraction of sp³-hybridized carbons (Fsp3) is 0.368. The summed E-state index contributed by atoms with van der Waals surface area (Å²) in [5.74, 6) is -0.206. The minimum Gasteiger partial charge on any atom is -0.394 e. The second kappa shape index (κ2) is 7.95. The Morgan fingerprint density at radius 3 is 3.10 bits per heavy atom. The van der Waals surface area contributed by atoms with Gasteiger partial charge in [0.1, 0.15) is 21.3 Å². The first-order chi connectivity index (χ1) is 14.9. The molecule has 12 heteroatoms. The van der Waals surface area contributed by atoms with Crippen LogP contribution in [0.25, 0.3) is 26.8 Å². The van der Waals surface area contributed by atoms with E-state index in [4.69, 9.17) is 4.74 Å². The fourth-order valence-corrected chi connectivity index (χ4v) is 5.44. The molecule has 0 spiro atoms. The van der Waals surface area contributed by atoms with Crippen molar-refractivity contribution in [1.29, 1.82) is 0 Å². The molecule has 2 atom stereocenters. The summed E-state index contributed by atoms with van der Waals surface area (Å²) in [6, 6.07) is 1.68. The number of aliphatic hydroxyl groups is 1. The Morgan fingerprint density at radius 2 is 2.29 bits per heavy atom. The van der Waals surface area contributed by atoms with Gasteiger partial charge >= 0.3 is 0 Å². The molecule has 0 unspecified atom stereocenters. The van der Waals surface area contributed by atoms with Crippen LogP contribution in [0.15, 0.2) is 27.0 Å². The Labute approximate surface area is 188 Å². The molecule has 0 saturated carbocycles. The van der Waals surface area contributed by atoms with Crippen LogP contribution in [-0.2, 0) is 9.53 Å². The summed E-state index contributed by atoms with van der Waals surface area (Å²) >= 11 is 4.83. The number of carbonyl (C=O) groups is 1. The average molecular weight is 507 g/mol. The van der Waals surface area contributed by atoms with E-state index in [9.17, 15) is 14.7 Å². The van der Waals surface area contributed by atoms with Crippen molar-refractivity contribution >= 4 is 65.6 Å². The molecule has 1 aliphatic rings. The van der Waals surface area contributed by atoms with Crippen LogP contribution in [-0.4, -0.2) is 73.9 Å². The SMILES string of the molecule is C[C@H]1CN(CC(=O)Nc2cnc3c(c2)[nH]c(=O)c2c3nn3cc(Br)sc23)C[C@@H](CO)O1. The van der Waals surface area contributed by atoms with Gasteiger partial charge in [-0.1, -0.05) is 0 Å². The zero-order valence-electron chi connectivity index (χ0n) is 16.5. The molecule has 1 fully saturated rings. The Kier molecular flexibility index (Phi) is 5.26. The maximum absolute atomic E-state index is 12.7. The lowest BCUT2D eigenvalue weighted by atomic mass is 10.2. The van der Waals surface area contributed by atoms with Gasteiger partial charge in [-0.15, -0.1) is 11.3 Å². The van der Waals surface area contributed by atoms with Crippen molar-refractivity contribution in [1.82, 2.24) is 24.5 Å². The number of fused-ring (bicyclic) bond motifs is 5. The number of hydrogen-bond acceptors (Lipinski definition) is 8. The highest BCUT2D eigenvalue weighted by atomic mass is 79.9. The molecule has 10 nitrogen and oxygen atoms in total. The molecule has 1 amide bonds. The molecular formula is C19H19BrN6O4S. The third kappa shape index (κ3) is 3.85. The highest BCUT2D eigenvalue weighted by molar-refractivity contribution is 9.11. The number of carbonyl (C=O) groups excluding carboxylic acids is 1. The van der Waals surface area contributed by atoms with Gasteiger partial charge in [-0.05, 0) is 28.9 Å². The second-order valence-corrected chi connectivity index (χ2v) is 9.99. The van der Waals surface area contributed by atoms with E-state index in [1.807, 2.05) is 11.8 Å². The van der Waals surface area contributed by atoms with Crippen molar-refractivity contribution < 1.29 is 14.6 Å². The van der Waals surface area contributed by atoms with Crippen molar-refractivity contribution in [3.8, 4) is 0 Å². The number of hydrogen-bond donors (Lipinski definition) is 3. The number of aromatic nitrogens is 4. The summed E-state index contributed by atoms with van der Waals surface area (Å²) in [5, 5.41) is 17.2. The van der Waals surface area contributed by atoms with Crippen LogP contribution in [0.5, 0.6) is 0 Å². The summed E-state index contributed by atoms with van der Waals surface area (Å²) in [4.78, 5) is 35.2. The van der Waals surface area contributed by atoms with Crippen LogP contribution in [0.3, 0.4) is 0 Å². The van der Waals surface area contributed by atoms with Crippen LogP contribution < -0.4 is 10.9 Å². The Balaban J connectivity index is 1.40. The molecule has 5 rings (SSSR count). The lowest BCUT2D eigenvalue weighted by molar-refractivity contribution is -0.124. The maximum Gasteiger partial charge on any atom is 0.261 e. The number of halogens is 1. The molecular weight excluding hydrogens is 488 g/mol. The van der Waals surface area contributed by atoms with Crippen molar-refractivity contribution in [3.63, 3.8) is 0 Å². The summed E-state index contributed by atoms with van der Waals surface area (Å²) in [6.07, 6.45) is 3.00. The Morgan fingerprint density at radius 1 is 1.45 bits per heavy atom. The Hall–Kier alpha value is -2.38. The molecule has 4 aromatic rings. The van der Waals surface area contributed by atoms with Gasteiger partial charge in [0.15, 0.2) is 0 Å². The number of amides is 1. The standard InChI is InChI=1S/C19H19BrN6O4S/c1-9-4-25(5-11(8-27)30-9)7-14(28)22-10-2-12-16(21-3-10)17-15(18(29)23-12)19-26(24-17)6-13(20)31-19/h2-3,6,9,11,27H,4-5,7-8H2,1H3,(H,22,28)(H,23,29)/t9-,11-/m0/s1. The number of H-pyrrole nitrogens is 1. The normalized spacial score (nSPS) is 20.1. The number of morpholine rings is 1. The first-order valence-corrected chi connectivity index (χ1v) is 11.3. The molecule has 31 heavy (non-hydrogen) atoms. The molecule has 5 heterocycles. The average Bonchev–Trinajstić information content (AvgIpc) is 3.23. The molecule has 0 radical (unpaired) electrons. The first kappa shape index (κ1) is 20.5. The topological polar surface area (TPSA) is 125 Å². The number of anilines is 1. The predicted molar refractivity (Wildman–Crippen MR) is 121 cm³/mol. The summed E-state index contributed by atoms with van der Waals surface area (Å²) < 4.78 is 8.14.